The minimum atomic E-state index is -3.97. The van der Waals surface area contributed by atoms with Crippen LogP contribution in [0.15, 0.2) is 47.6 Å². The largest absolute Gasteiger partial charge is 0.493 e. The summed E-state index contributed by atoms with van der Waals surface area (Å²) in [4.78, 5) is 28.2. The van der Waals surface area contributed by atoms with E-state index >= 15 is 0 Å². The predicted octanol–water partition coefficient (Wildman–Crippen LogP) is 0.269. The summed E-state index contributed by atoms with van der Waals surface area (Å²) in [6.45, 7) is 0.501. The quantitative estimate of drug-likeness (QED) is 0.516. The number of benzene rings is 1. The number of sulfonamides is 1. The second-order valence-corrected chi connectivity index (χ2v) is 8.95. The van der Waals surface area contributed by atoms with Crippen molar-refractivity contribution in [2.45, 2.75) is 24.1 Å². The highest BCUT2D eigenvalue weighted by Gasteiger charge is 2.35. The Bertz CT molecular complexity index is 1080. The molecule has 0 bridgehead atoms. The number of ether oxygens (including phenoxy) is 3. The standard InChI is InChI=1S/C21H26N4O7S/c1-30-17-5-4-16(12-18(17)31-2)33(28,29)25-10-3-11-32-19(25)14-24-21(27)20(26)23-13-15-6-8-22-9-7-15/h4-9,12,19H,3,10-11,13-14H2,1-2H3,(H,23,26)(H,24,27)/t19-/m1/s1. The van der Waals surface area contributed by atoms with Gasteiger partial charge in [-0.25, -0.2) is 8.42 Å². The van der Waals surface area contributed by atoms with Gasteiger partial charge in [0.2, 0.25) is 10.0 Å². The molecule has 2 heterocycles. The minimum absolute atomic E-state index is 0.00271. The lowest BCUT2D eigenvalue weighted by molar-refractivity contribution is -0.140. The lowest BCUT2D eigenvalue weighted by Gasteiger charge is -2.34. The topological polar surface area (TPSA) is 136 Å². The van der Waals surface area contributed by atoms with Gasteiger partial charge < -0.3 is 24.8 Å². The Balaban J connectivity index is 1.65. The zero-order valence-corrected chi connectivity index (χ0v) is 19.1. The van der Waals surface area contributed by atoms with Gasteiger partial charge in [0.05, 0.1) is 32.3 Å². The van der Waals surface area contributed by atoms with Crippen molar-refractivity contribution in [1.82, 2.24) is 19.9 Å². The first kappa shape index (κ1) is 24.4. The van der Waals surface area contributed by atoms with Gasteiger partial charge in [-0.2, -0.15) is 4.31 Å². The second kappa shape index (κ2) is 11.1. The zero-order valence-electron chi connectivity index (χ0n) is 18.3. The van der Waals surface area contributed by atoms with Crippen molar-refractivity contribution in [3.05, 3.63) is 48.3 Å². The Morgan fingerprint density at radius 3 is 2.48 bits per heavy atom. The van der Waals surface area contributed by atoms with Crippen LogP contribution in [0.5, 0.6) is 11.5 Å². The highest BCUT2D eigenvalue weighted by atomic mass is 32.2. The van der Waals surface area contributed by atoms with Crippen molar-refractivity contribution in [3.63, 3.8) is 0 Å². The van der Waals surface area contributed by atoms with E-state index in [0.29, 0.717) is 18.8 Å². The van der Waals surface area contributed by atoms with Crippen LogP contribution in [0.2, 0.25) is 0 Å². The zero-order chi connectivity index (χ0) is 23.8. The maximum absolute atomic E-state index is 13.3. The summed E-state index contributed by atoms with van der Waals surface area (Å²) in [6.07, 6.45) is 2.68. The van der Waals surface area contributed by atoms with Crippen LogP contribution in [0.4, 0.5) is 0 Å². The molecule has 178 valence electrons. The third-order valence-electron chi connectivity index (χ3n) is 4.96. The van der Waals surface area contributed by atoms with E-state index in [4.69, 9.17) is 14.2 Å². The van der Waals surface area contributed by atoms with Crippen molar-refractivity contribution < 1.29 is 32.2 Å². The van der Waals surface area contributed by atoms with Crippen LogP contribution >= 0.6 is 0 Å². The fourth-order valence-electron chi connectivity index (χ4n) is 3.24. The minimum Gasteiger partial charge on any atom is -0.493 e. The molecule has 1 saturated heterocycles. The molecule has 1 aromatic heterocycles. The molecule has 1 aliphatic rings. The van der Waals surface area contributed by atoms with E-state index in [0.717, 1.165) is 9.87 Å². The molecular formula is C21H26N4O7S. The number of nitrogens with one attached hydrogen (secondary N) is 2. The first-order chi connectivity index (χ1) is 15.9. The Hall–Kier alpha value is -3.22. The van der Waals surface area contributed by atoms with Crippen LogP contribution in [0, 0.1) is 0 Å². The van der Waals surface area contributed by atoms with Gasteiger partial charge in [0, 0.05) is 31.5 Å². The monoisotopic (exact) mass is 478 g/mol. The number of methoxy groups -OCH3 is 2. The van der Waals surface area contributed by atoms with Crippen LogP contribution in [-0.2, 0) is 30.9 Å². The molecule has 1 aromatic carbocycles. The molecule has 0 radical (unpaired) electrons. The van der Waals surface area contributed by atoms with Crippen molar-refractivity contribution in [2.75, 3.05) is 33.9 Å². The number of hydrogen-bond donors (Lipinski definition) is 2. The first-order valence-corrected chi connectivity index (χ1v) is 11.6. The van der Waals surface area contributed by atoms with Crippen LogP contribution < -0.4 is 20.1 Å². The summed E-state index contributed by atoms with van der Waals surface area (Å²) >= 11 is 0. The first-order valence-electron chi connectivity index (χ1n) is 10.2. The lowest BCUT2D eigenvalue weighted by Crippen LogP contribution is -2.53. The van der Waals surface area contributed by atoms with Gasteiger partial charge in [-0.3, -0.25) is 14.6 Å². The molecule has 0 unspecified atom stereocenters. The molecular weight excluding hydrogens is 452 g/mol. The average molecular weight is 479 g/mol. The van der Waals surface area contributed by atoms with Gasteiger partial charge >= 0.3 is 11.8 Å². The van der Waals surface area contributed by atoms with Gasteiger partial charge in [0.1, 0.15) is 6.23 Å². The molecule has 1 atom stereocenters. The van der Waals surface area contributed by atoms with Crippen molar-refractivity contribution in [2.24, 2.45) is 0 Å². The highest BCUT2D eigenvalue weighted by Crippen LogP contribution is 2.31. The third-order valence-corrected chi connectivity index (χ3v) is 6.85. The molecule has 0 aliphatic carbocycles. The number of aromatic nitrogens is 1. The maximum atomic E-state index is 13.3. The number of pyridine rings is 1. The van der Waals surface area contributed by atoms with E-state index in [1.54, 1.807) is 24.5 Å². The Kier molecular flexibility index (Phi) is 8.20. The summed E-state index contributed by atoms with van der Waals surface area (Å²) in [7, 11) is -1.10. The van der Waals surface area contributed by atoms with Gasteiger partial charge in [0.15, 0.2) is 11.5 Å². The maximum Gasteiger partial charge on any atom is 0.309 e. The van der Waals surface area contributed by atoms with Gasteiger partial charge in [-0.1, -0.05) is 0 Å². The second-order valence-electron chi connectivity index (χ2n) is 7.06. The van der Waals surface area contributed by atoms with E-state index in [9.17, 15) is 18.0 Å². The molecule has 3 rings (SSSR count). The number of carbonyl (C=O) groups excluding carboxylic acids is 2. The normalized spacial score (nSPS) is 16.6. The molecule has 1 aliphatic heterocycles. The van der Waals surface area contributed by atoms with Crippen LogP contribution in [0.3, 0.4) is 0 Å². The fourth-order valence-corrected chi connectivity index (χ4v) is 4.82. The van der Waals surface area contributed by atoms with Gasteiger partial charge in [-0.05, 0) is 36.2 Å². The summed E-state index contributed by atoms with van der Waals surface area (Å²) in [6, 6.07) is 7.70. The van der Waals surface area contributed by atoms with E-state index in [1.807, 2.05) is 0 Å². The number of nitrogens with zero attached hydrogens (tertiary/aromatic N) is 2. The number of rotatable bonds is 8. The molecule has 1 fully saturated rings. The van der Waals surface area contributed by atoms with Crippen molar-refractivity contribution in [3.8, 4) is 11.5 Å². The highest BCUT2D eigenvalue weighted by molar-refractivity contribution is 7.89. The van der Waals surface area contributed by atoms with Gasteiger partial charge in [-0.15, -0.1) is 0 Å². The molecule has 11 nitrogen and oxygen atoms in total. The third kappa shape index (κ3) is 5.97. The molecule has 33 heavy (non-hydrogen) atoms. The Labute approximate surface area is 192 Å². The van der Waals surface area contributed by atoms with Crippen LogP contribution in [-0.4, -0.2) is 69.7 Å². The predicted molar refractivity (Wildman–Crippen MR) is 117 cm³/mol. The SMILES string of the molecule is COc1ccc(S(=O)(=O)N2CCCO[C@@H]2CNC(=O)C(=O)NCc2ccncc2)cc1OC. The summed E-state index contributed by atoms with van der Waals surface area (Å²) in [5.74, 6) is -1.06. The fraction of sp³-hybridized carbons (Fsp3) is 0.381. The van der Waals surface area contributed by atoms with Crippen molar-refractivity contribution in [1.29, 1.82) is 0 Å². The Morgan fingerprint density at radius 2 is 1.79 bits per heavy atom. The van der Waals surface area contributed by atoms with Crippen LogP contribution in [0.1, 0.15) is 12.0 Å². The van der Waals surface area contributed by atoms with Crippen molar-refractivity contribution >= 4 is 21.8 Å². The summed E-state index contributed by atoms with van der Waals surface area (Å²) in [5, 5.41) is 4.94. The number of amides is 2. The molecule has 2 amide bonds. The average Bonchev–Trinajstić information content (AvgIpc) is 2.86. The lowest BCUT2D eigenvalue weighted by atomic mass is 10.3. The number of hydrogen-bond acceptors (Lipinski definition) is 8. The van der Waals surface area contributed by atoms with E-state index in [1.165, 1.54) is 32.4 Å². The molecule has 2 aromatic rings. The van der Waals surface area contributed by atoms with E-state index in [-0.39, 0.29) is 30.3 Å². The molecule has 0 spiro atoms. The smallest absolute Gasteiger partial charge is 0.309 e. The molecule has 2 N–H and O–H groups in total. The number of carbonyl (C=O) groups is 2. The van der Waals surface area contributed by atoms with Gasteiger partial charge in [0.25, 0.3) is 0 Å². The summed E-state index contributed by atoms with van der Waals surface area (Å²) < 4.78 is 43.6. The van der Waals surface area contributed by atoms with E-state index in [2.05, 4.69) is 15.6 Å². The van der Waals surface area contributed by atoms with E-state index < -0.39 is 28.1 Å². The molecule has 12 heteroatoms. The Morgan fingerprint density at radius 1 is 1.09 bits per heavy atom. The van der Waals surface area contributed by atoms with Crippen LogP contribution in [0.25, 0.3) is 0 Å². The summed E-state index contributed by atoms with van der Waals surface area (Å²) in [5.41, 5.74) is 0.786. The molecule has 0 saturated carbocycles.